The summed E-state index contributed by atoms with van der Waals surface area (Å²) >= 11 is 0. The normalized spacial score (nSPS) is 11.3. The Bertz CT molecular complexity index is 675. The molecular weight excluding hydrogens is 284 g/mol. The van der Waals surface area contributed by atoms with E-state index in [-0.39, 0.29) is 0 Å². The third-order valence-corrected chi connectivity index (χ3v) is 3.92. The molecule has 1 aromatic heterocycles. The molecule has 0 spiro atoms. The standard InChI is InChI=1S/C20H20N2O/c23-20(17-9-3-1-4-10-17,18-11-5-2-6-12-18)16-21-15-19-13-7-8-14-22-19/h1-14,21,23H,15-16H2. The Morgan fingerprint density at radius 2 is 1.35 bits per heavy atom. The van der Waals surface area contributed by atoms with Crippen molar-refractivity contribution in [3.05, 3.63) is 102 Å². The SMILES string of the molecule is OC(CNCc1ccccn1)(c1ccccc1)c1ccccc1. The van der Waals surface area contributed by atoms with Gasteiger partial charge in [-0.1, -0.05) is 66.7 Å². The molecule has 0 aliphatic carbocycles. The van der Waals surface area contributed by atoms with E-state index in [4.69, 9.17) is 0 Å². The van der Waals surface area contributed by atoms with E-state index >= 15 is 0 Å². The number of hydrogen-bond donors (Lipinski definition) is 2. The minimum Gasteiger partial charge on any atom is -0.379 e. The summed E-state index contributed by atoms with van der Waals surface area (Å²) in [5, 5.41) is 14.7. The second-order valence-electron chi connectivity index (χ2n) is 5.52. The molecule has 0 saturated heterocycles. The molecule has 3 nitrogen and oxygen atoms in total. The van der Waals surface area contributed by atoms with E-state index in [1.54, 1.807) is 6.20 Å². The van der Waals surface area contributed by atoms with Crippen molar-refractivity contribution >= 4 is 0 Å². The highest BCUT2D eigenvalue weighted by Crippen LogP contribution is 2.28. The van der Waals surface area contributed by atoms with Gasteiger partial charge >= 0.3 is 0 Å². The molecule has 0 fully saturated rings. The highest BCUT2D eigenvalue weighted by molar-refractivity contribution is 5.36. The Kier molecular flexibility index (Phi) is 4.81. The molecule has 3 aromatic rings. The van der Waals surface area contributed by atoms with Gasteiger partial charge in [-0.15, -0.1) is 0 Å². The summed E-state index contributed by atoms with van der Waals surface area (Å²) in [6, 6.07) is 25.3. The second kappa shape index (κ2) is 7.18. The van der Waals surface area contributed by atoms with Crippen LogP contribution in [0.5, 0.6) is 0 Å². The van der Waals surface area contributed by atoms with Crippen molar-refractivity contribution in [1.29, 1.82) is 0 Å². The first-order valence-corrected chi connectivity index (χ1v) is 7.73. The maximum Gasteiger partial charge on any atom is 0.127 e. The Hall–Kier alpha value is -2.49. The van der Waals surface area contributed by atoms with Crippen molar-refractivity contribution in [2.24, 2.45) is 0 Å². The number of aliphatic hydroxyl groups is 1. The molecule has 0 unspecified atom stereocenters. The maximum atomic E-state index is 11.3. The van der Waals surface area contributed by atoms with Gasteiger partial charge in [0.15, 0.2) is 0 Å². The topological polar surface area (TPSA) is 45.1 Å². The molecule has 0 amide bonds. The molecule has 0 radical (unpaired) electrons. The van der Waals surface area contributed by atoms with Gasteiger partial charge in [0.1, 0.15) is 5.60 Å². The minimum atomic E-state index is -1.07. The molecule has 0 bridgehead atoms. The van der Waals surface area contributed by atoms with Crippen LogP contribution in [0.4, 0.5) is 0 Å². The molecular formula is C20H20N2O. The summed E-state index contributed by atoms with van der Waals surface area (Å²) in [4.78, 5) is 4.30. The summed E-state index contributed by atoms with van der Waals surface area (Å²) in [5.41, 5.74) is 1.63. The molecule has 116 valence electrons. The Morgan fingerprint density at radius 1 is 0.783 bits per heavy atom. The van der Waals surface area contributed by atoms with Crippen LogP contribution in [-0.2, 0) is 12.1 Å². The van der Waals surface area contributed by atoms with Crippen molar-refractivity contribution in [3.8, 4) is 0 Å². The second-order valence-corrected chi connectivity index (χ2v) is 5.52. The van der Waals surface area contributed by atoms with Crippen LogP contribution in [0, 0.1) is 0 Å². The van der Waals surface area contributed by atoms with Crippen molar-refractivity contribution in [2.45, 2.75) is 12.1 Å². The van der Waals surface area contributed by atoms with E-state index in [2.05, 4.69) is 10.3 Å². The van der Waals surface area contributed by atoms with Gasteiger partial charge in [-0.2, -0.15) is 0 Å². The largest absolute Gasteiger partial charge is 0.379 e. The van der Waals surface area contributed by atoms with Gasteiger partial charge in [0.05, 0.1) is 5.69 Å². The molecule has 0 atom stereocenters. The molecule has 1 heterocycles. The van der Waals surface area contributed by atoms with Crippen LogP contribution in [0.1, 0.15) is 16.8 Å². The van der Waals surface area contributed by atoms with Gasteiger partial charge in [0.25, 0.3) is 0 Å². The van der Waals surface area contributed by atoms with Crippen LogP contribution in [0.25, 0.3) is 0 Å². The molecule has 3 heteroatoms. The summed E-state index contributed by atoms with van der Waals surface area (Å²) < 4.78 is 0. The molecule has 3 rings (SSSR count). The van der Waals surface area contributed by atoms with Crippen molar-refractivity contribution in [1.82, 2.24) is 10.3 Å². The molecule has 0 aliphatic rings. The van der Waals surface area contributed by atoms with E-state index < -0.39 is 5.60 Å². The van der Waals surface area contributed by atoms with Gasteiger partial charge < -0.3 is 10.4 Å². The van der Waals surface area contributed by atoms with E-state index in [0.717, 1.165) is 16.8 Å². The van der Waals surface area contributed by atoms with Crippen LogP contribution in [0.3, 0.4) is 0 Å². The lowest BCUT2D eigenvalue weighted by atomic mass is 9.86. The van der Waals surface area contributed by atoms with Gasteiger partial charge in [0.2, 0.25) is 0 Å². The van der Waals surface area contributed by atoms with Gasteiger partial charge in [-0.3, -0.25) is 4.98 Å². The smallest absolute Gasteiger partial charge is 0.127 e. The van der Waals surface area contributed by atoms with Crippen LogP contribution >= 0.6 is 0 Å². The zero-order valence-corrected chi connectivity index (χ0v) is 12.9. The molecule has 2 aromatic carbocycles. The predicted molar refractivity (Wildman–Crippen MR) is 91.8 cm³/mol. The fourth-order valence-corrected chi connectivity index (χ4v) is 2.67. The Labute approximate surface area is 136 Å². The molecule has 0 aliphatic heterocycles. The number of rotatable bonds is 6. The minimum absolute atomic E-state index is 0.414. The lowest BCUT2D eigenvalue weighted by Gasteiger charge is -2.30. The van der Waals surface area contributed by atoms with Crippen molar-refractivity contribution < 1.29 is 5.11 Å². The highest BCUT2D eigenvalue weighted by atomic mass is 16.3. The summed E-state index contributed by atoms with van der Waals surface area (Å²) in [5.74, 6) is 0. The lowest BCUT2D eigenvalue weighted by molar-refractivity contribution is 0.0795. The Morgan fingerprint density at radius 3 is 1.87 bits per heavy atom. The first-order chi connectivity index (χ1) is 11.3. The molecule has 0 saturated carbocycles. The van der Waals surface area contributed by atoms with Crippen LogP contribution in [0.15, 0.2) is 85.1 Å². The fraction of sp³-hybridized carbons (Fsp3) is 0.150. The number of hydrogen-bond acceptors (Lipinski definition) is 3. The van der Waals surface area contributed by atoms with E-state index in [1.807, 2.05) is 78.9 Å². The quantitative estimate of drug-likeness (QED) is 0.735. The number of benzene rings is 2. The molecule has 2 N–H and O–H groups in total. The third-order valence-electron chi connectivity index (χ3n) is 3.92. The summed E-state index contributed by atoms with van der Waals surface area (Å²) in [6.45, 7) is 1.03. The first-order valence-electron chi connectivity index (χ1n) is 7.73. The van der Waals surface area contributed by atoms with Gasteiger partial charge in [0, 0.05) is 19.3 Å². The van der Waals surface area contributed by atoms with E-state index in [0.29, 0.717) is 13.1 Å². The zero-order valence-electron chi connectivity index (χ0n) is 12.9. The zero-order chi connectivity index (χ0) is 16.0. The van der Waals surface area contributed by atoms with Crippen LogP contribution < -0.4 is 5.32 Å². The summed E-state index contributed by atoms with van der Waals surface area (Å²) in [7, 11) is 0. The number of nitrogens with one attached hydrogen (secondary N) is 1. The average Bonchev–Trinajstić information content (AvgIpc) is 2.64. The van der Waals surface area contributed by atoms with Gasteiger partial charge in [-0.25, -0.2) is 0 Å². The fourth-order valence-electron chi connectivity index (χ4n) is 2.67. The third kappa shape index (κ3) is 3.65. The number of aromatic nitrogens is 1. The van der Waals surface area contributed by atoms with Gasteiger partial charge in [-0.05, 0) is 23.3 Å². The Balaban J connectivity index is 1.82. The van der Waals surface area contributed by atoms with Crippen LogP contribution in [-0.4, -0.2) is 16.6 Å². The highest BCUT2D eigenvalue weighted by Gasteiger charge is 2.30. The number of pyridine rings is 1. The van der Waals surface area contributed by atoms with Crippen molar-refractivity contribution in [3.63, 3.8) is 0 Å². The maximum absolute atomic E-state index is 11.3. The van der Waals surface area contributed by atoms with Crippen molar-refractivity contribution in [2.75, 3.05) is 6.54 Å². The monoisotopic (exact) mass is 304 g/mol. The average molecular weight is 304 g/mol. The van der Waals surface area contributed by atoms with E-state index in [1.165, 1.54) is 0 Å². The predicted octanol–water partition coefficient (Wildman–Crippen LogP) is 3.11. The first kappa shape index (κ1) is 15.4. The summed E-state index contributed by atoms with van der Waals surface area (Å²) in [6.07, 6.45) is 1.78. The van der Waals surface area contributed by atoms with Crippen LogP contribution in [0.2, 0.25) is 0 Å². The number of nitrogens with zero attached hydrogens (tertiary/aromatic N) is 1. The lowest BCUT2D eigenvalue weighted by Crippen LogP contribution is -2.39. The van der Waals surface area contributed by atoms with E-state index in [9.17, 15) is 5.11 Å². The molecule has 23 heavy (non-hydrogen) atoms.